The first kappa shape index (κ1) is 28.8. The molecule has 0 aliphatic heterocycles. The fourth-order valence-electron chi connectivity index (χ4n) is 3.76. The van der Waals surface area contributed by atoms with Crippen LogP contribution >= 0.6 is 0 Å². The Morgan fingerprint density at radius 2 is 0.862 bits per heavy atom. The summed E-state index contributed by atoms with van der Waals surface area (Å²) in [5.74, 6) is 0. The van der Waals surface area contributed by atoms with E-state index in [1.165, 1.54) is 109 Å². The Hall–Kier alpha value is -0.160. The predicted molar refractivity (Wildman–Crippen MR) is 123 cm³/mol. The highest BCUT2D eigenvalue weighted by atomic mass is 16.5. The number of hydrogen-bond donors (Lipinski definition) is 3. The van der Waals surface area contributed by atoms with Crippen LogP contribution in [0.3, 0.4) is 0 Å². The zero-order valence-electron chi connectivity index (χ0n) is 19.5. The van der Waals surface area contributed by atoms with Crippen molar-refractivity contribution < 1.29 is 20.1 Å². The summed E-state index contributed by atoms with van der Waals surface area (Å²) in [6, 6.07) is 0. The minimum absolute atomic E-state index is 0.0900. The van der Waals surface area contributed by atoms with E-state index in [0.717, 1.165) is 12.8 Å². The Morgan fingerprint density at radius 3 is 1.24 bits per heavy atom. The van der Waals surface area contributed by atoms with Gasteiger partial charge in [-0.2, -0.15) is 0 Å². The van der Waals surface area contributed by atoms with Gasteiger partial charge in [-0.25, -0.2) is 0 Å². The molecule has 0 saturated carbocycles. The third kappa shape index (κ3) is 24.0. The summed E-state index contributed by atoms with van der Waals surface area (Å²) < 4.78 is 5.18. The first-order valence-corrected chi connectivity index (χ1v) is 12.8. The van der Waals surface area contributed by atoms with Gasteiger partial charge in [0.25, 0.3) is 0 Å². The quantitative estimate of drug-likeness (QED) is 0.165. The van der Waals surface area contributed by atoms with E-state index in [1.807, 2.05) is 0 Å². The fourth-order valence-corrected chi connectivity index (χ4v) is 3.76. The number of aliphatic hydroxyl groups excluding tert-OH is 3. The number of aliphatic hydroxyl groups is 3. The fraction of sp³-hybridized carbons (Fsp3) is 1.00. The molecule has 29 heavy (non-hydrogen) atoms. The topological polar surface area (TPSA) is 69.9 Å². The molecule has 3 N–H and O–H groups in total. The van der Waals surface area contributed by atoms with Gasteiger partial charge in [-0.15, -0.1) is 0 Å². The van der Waals surface area contributed by atoms with E-state index in [9.17, 15) is 5.11 Å². The monoisotopic (exact) mass is 416 g/mol. The first-order chi connectivity index (χ1) is 14.2. The van der Waals surface area contributed by atoms with Gasteiger partial charge in [0.1, 0.15) is 6.10 Å². The van der Waals surface area contributed by atoms with Crippen LogP contribution in [0.25, 0.3) is 0 Å². The van der Waals surface area contributed by atoms with E-state index >= 15 is 0 Å². The molecule has 0 radical (unpaired) electrons. The van der Waals surface area contributed by atoms with Gasteiger partial charge in [0, 0.05) is 0 Å². The molecule has 2 atom stereocenters. The Bertz CT molecular complexity index is 299. The Kier molecular flexibility index (Phi) is 24.0. The lowest BCUT2D eigenvalue weighted by atomic mass is 10.0. The summed E-state index contributed by atoms with van der Waals surface area (Å²) >= 11 is 0. The molecular formula is C25H52O4. The van der Waals surface area contributed by atoms with Gasteiger partial charge in [0.05, 0.1) is 25.9 Å². The maximum absolute atomic E-state index is 9.80. The molecule has 4 nitrogen and oxygen atoms in total. The predicted octanol–water partition coefficient (Wildman–Crippen LogP) is 6.15. The lowest BCUT2D eigenvalue weighted by molar-refractivity contribution is -0.0262. The second-order valence-corrected chi connectivity index (χ2v) is 8.83. The van der Waals surface area contributed by atoms with Crippen molar-refractivity contribution in [3.63, 3.8) is 0 Å². The summed E-state index contributed by atoms with van der Waals surface area (Å²) in [6.07, 6.45) is 24.0. The standard InChI is InChI=1S/C25H52O4/c1-2-3-4-5-6-7-8-9-10-11-12-13-14-15-16-17-18-19-20-24(27)22-29-23-25(28)21-26/h24-28H,2-23H2,1H3/t24-,25+/m1/s1. The average molecular weight is 417 g/mol. The largest absolute Gasteiger partial charge is 0.394 e. The van der Waals surface area contributed by atoms with Crippen molar-refractivity contribution in [1.29, 1.82) is 0 Å². The van der Waals surface area contributed by atoms with Crippen molar-refractivity contribution in [2.45, 2.75) is 141 Å². The van der Waals surface area contributed by atoms with Crippen LogP contribution < -0.4 is 0 Å². The second-order valence-electron chi connectivity index (χ2n) is 8.83. The maximum Gasteiger partial charge on any atom is 0.100 e. The van der Waals surface area contributed by atoms with Crippen LogP contribution in [0.15, 0.2) is 0 Å². The molecule has 0 aromatic heterocycles. The van der Waals surface area contributed by atoms with Crippen LogP contribution in [0.5, 0.6) is 0 Å². The lowest BCUT2D eigenvalue weighted by Gasteiger charge is -2.13. The Balaban J connectivity index is 3.11. The van der Waals surface area contributed by atoms with Gasteiger partial charge >= 0.3 is 0 Å². The zero-order valence-corrected chi connectivity index (χ0v) is 19.5. The molecule has 0 unspecified atom stereocenters. The molecule has 176 valence electrons. The van der Waals surface area contributed by atoms with Gasteiger partial charge in [-0.05, 0) is 6.42 Å². The molecule has 0 saturated heterocycles. The normalized spacial score (nSPS) is 13.7. The minimum Gasteiger partial charge on any atom is -0.394 e. The van der Waals surface area contributed by atoms with Crippen LogP contribution in [0, 0.1) is 0 Å². The van der Waals surface area contributed by atoms with Crippen molar-refractivity contribution in [2.75, 3.05) is 19.8 Å². The minimum atomic E-state index is -0.840. The third-order valence-corrected chi connectivity index (χ3v) is 5.72. The summed E-state index contributed by atoms with van der Waals surface area (Å²) in [7, 11) is 0. The smallest absolute Gasteiger partial charge is 0.100 e. The highest BCUT2D eigenvalue weighted by Crippen LogP contribution is 2.14. The van der Waals surface area contributed by atoms with E-state index < -0.39 is 12.2 Å². The Labute approximate surface area is 181 Å². The first-order valence-electron chi connectivity index (χ1n) is 12.8. The summed E-state index contributed by atoms with van der Waals surface area (Å²) in [4.78, 5) is 0. The van der Waals surface area contributed by atoms with Crippen molar-refractivity contribution >= 4 is 0 Å². The van der Waals surface area contributed by atoms with Crippen LogP contribution in [-0.2, 0) is 4.74 Å². The van der Waals surface area contributed by atoms with Gasteiger partial charge < -0.3 is 20.1 Å². The van der Waals surface area contributed by atoms with E-state index in [2.05, 4.69) is 6.92 Å². The number of unbranched alkanes of at least 4 members (excludes halogenated alkanes) is 17. The molecule has 0 amide bonds. The van der Waals surface area contributed by atoms with Crippen LogP contribution in [-0.4, -0.2) is 47.3 Å². The molecule has 0 bridgehead atoms. The van der Waals surface area contributed by atoms with Crippen LogP contribution in [0.2, 0.25) is 0 Å². The van der Waals surface area contributed by atoms with Gasteiger partial charge in [-0.3, -0.25) is 0 Å². The van der Waals surface area contributed by atoms with Gasteiger partial charge in [0.15, 0.2) is 0 Å². The highest BCUT2D eigenvalue weighted by molar-refractivity contribution is 4.57. The number of ether oxygens (including phenoxy) is 1. The van der Waals surface area contributed by atoms with Crippen molar-refractivity contribution in [2.24, 2.45) is 0 Å². The van der Waals surface area contributed by atoms with Crippen LogP contribution in [0.1, 0.15) is 129 Å². The summed E-state index contributed by atoms with van der Waals surface area (Å²) in [5.41, 5.74) is 0. The van der Waals surface area contributed by atoms with Crippen LogP contribution in [0.4, 0.5) is 0 Å². The molecule has 4 heteroatoms. The number of rotatable bonds is 24. The van der Waals surface area contributed by atoms with Gasteiger partial charge in [0.2, 0.25) is 0 Å². The maximum atomic E-state index is 9.80. The van der Waals surface area contributed by atoms with Crippen molar-refractivity contribution in [1.82, 2.24) is 0 Å². The number of hydrogen-bond acceptors (Lipinski definition) is 4. The van der Waals surface area contributed by atoms with Gasteiger partial charge in [-0.1, -0.05) is 122 Å². The van der Waals surface area contributed by atoms with E-state index in [1.54, 1.807) is 0 Å². The van der Waals surface area contributed by atoms with Crippen molar-refractivity contribution in [3.8, 4) is 0 Å². The average Bonchev–Trinajstić information content (AvgIpc) is 2.72. The molecule has 0 heterocycles. The molecule has 0 aliphatic carbocycles. The van der Waals surface area contributed by atoms with E-state index in [0.29, 0.717) is 0 Å². The molecule has 0 aromatic carbocycles. The van der Waals surface area contributed by atoms with E-state index in [-0.39, 0.29) is 19.8 Å². The highest BCUT2D eigenvalue weighted by Gasteiger charge is 2.07. The summed E-state index contributed by atoms with van der Waals surface area (Å²) in [6.45, 7) is 2.32. The molecular weight excluding hydrogens is 364 g/mol. The molecule has 0 aromatic rings. The molecule has 0 spiro atoms. The zero-order chi connectivity index (χ0) is 21.4. The second kappa shape index (κ2) is 24.1. The third-order valence-electron chi connectivity index (χ3n) is 5.72. The summed E-state index contributed by atoms with van der Waals surface area (Å²) in [5, 5.41) is 27.6. The van der Waals surface area contributed by atoms with E-state index in [4.69, 9.17) is 14.9 Å². The molecule has 0 fully saturated rings. The molecule has 0 aliphatic rings. The molecule has 0 rings (SSSR count). The van der Waals surface area contributed by atoms with Crippen molar-refractivity contribution in [3.05, 3.63) is 0 Å². The Morgan fingerprint density at radius 1 is 0.517 bits per heavy atom. The lowest BCUT2D eigenvalue weighted by Crippen LogP contribution is -2.23. The SMILES string of the molecule is CCCCCCCCCCCCCCCCCCCC[C@@H](O)COC[C@@H](O)CO.